The number of ether oxygens (including phenoxy) is 1. The van der Waals surface area contributed by atoms with Crippen LogP contribution in [0.5, 0.6) is 0 Å². The van der Waals surface area contributed by atoms with Crippen LogP contribution in [0.25, 0.3) is 0 Å². The molecule has 0 heterocycles. The van der Waals surface area contributed by atoms with Crippen molar-refractivity contribution >= 4 is 12.1 Å². The molecule has 0 radical (unpaired) electrons. The van der Waals surface area contributed by atoms with Gasteiger partial charge in [-0.3, -0.25) is 4.99 Å². The Morgan fingerprint density at radius 3 is 2.54 bits per heavy atom. The summed E-state index contributed by atoms with van der Waals surface area (Å²) < 4.78 is 5.37. The van der Waals surface area contributed by atoms with Crippen LogP contribution in [-0.2, 0) is 4.74 Å². The molecule has 0 aromatic carbocycles. The molecule has 0 aromatic heterocycles. The Labute approximate surface area is 146 Å². The zero-order valence-corrected chi connectivity index (χ0v) is 16.1. The van der Waals surface area contributed by atoms with Gasteiger partial charge in [0.2, 0.25) is 0 Å². The highest BCUT2D eigenvalue weighted by atomic mass is 16.6. The molecule has 0 spiro atoms. The Bertz CT molecular complexity index is 446. The molecule has 0 aliphatic heterocycles. The number of nitrogens with one attached hydrogen (secondary N) is 2. The second-order valence-electron chi connectivity index (χ2n) is 7.47. The van der Waals surface area contributed by atoms with Crippen molar-refractivity contribution in [1.29, 1.82) is 0 Å². The van der Waals surface area contributed by atoms with E-state index in [0.717, 1.165) is 25.3 Å². The third-order valence-electron chi connectivity index (χ3n) is 3.54. The van der Waals surface area contributed by atoms with E-state index in [1.54, 1.807) is 11.9 Å². The summed E-state index contributed by atoms with van der Waals surface area (Å²) in [6, 6.07) is 0.433. The minimum atomic E-state index is -0.468. The summed E-state index contributed by atoms with van der Waals surface area (Å²) in [5.74, 6) is 1.10. The van der Waals surface area contributed by atoms with E-state index in [4.69, 9.17) is 4.74 Å². The Hall–Kier alpha value is -1.72. The lowest BCUT2D eigenvalue weighted by molar-refractivity contribution is 0.0279. The fourth-order valence-electron chi connectivity index (χ4n) is 2.44. The lowest BCUT2D eigenvalue weighted by Gasteiger charge is -2.26. The Morgan fingerprint density at radius 1 is 1.38 bits per heavy atom. The summed E-state index contributed by atoms with van der Waals surface area (Å²) in [5, 5.41) is 6.73. The zero-order chi connectivity index (χ0) is 18.2. The predicted molar refractivity (Wildman–Crippen MR) is 99.3 cm³/mol. The van der Waals surface area contributed by atoms with E-state index in [9.17, 15) is 4.79 Å². The first-order valence-corrected chi connectivity index (χ1v) is 8.85. The molecule has 1 amide bonds. The molecule has 0 saturated carbocycles. The van der Waals surface area contributed by atoms with Gasteiger partial charge in [-0.15, -0.1) is 0 Å². The van der Waals surface area contributed by atoms with Crippen molar-refractivity contribution in [2.75, 3.05) is 26.7 Å². The molecule has 0 bridgehead atoms. The second kappa shape index (κ2) is 9.55. The van der Waals surface area contributed by atoms with Crippen molar-refractivity contribution in [3.8, 4) is 0 Å². The number of carbonyl (C=O) groups excluding carboxylic acids is 1. The zero-order valence-electron chi connectivity index (χ0n) is 16.1. The van der Waals surface area contributed by atoms with Crippen LogP contribution in [0, 0.1) is 5.92 Å². The Morgan fingerprint density at radius 2 is 2.00 bits per heavy atom. The molecule has 6 nitrogen and oxygen atoms in total. The minimum Gasteiger partial charge on any atom is -0.444 e. The third-order valence-corrected chi connectivity index (χ3v) is 3.54. The van der Waals surface area contributed by atoms with E-state index in [1.807, 2.05) is 20.8 Å². The average Bonchev–Trinajstić information content (AvgIpc) is 2.96. The van der Waals surface area contributed by atoms with Gasteiger partial charge in [0.25, 0.3) is 0 Å². The molecular formula is C18H34N4O2. The van der Waals surface area contributed by atoms with E-state index < -0.39 is 5.60 Å². The van der Waals surface area contributed by atoms with Crippen LogP contribution in [0.2, 0.25) is 0 Å². The second-order valence-corrected chi connectivity index (χ2v) is 7.47. The van der Waals surface area contributed by atoms with Crippen molar-refractivity contribution in [1.82, 2.24) is 15.5 Å². The van der Waals surface area contributed by atoms with E-state index in [1.165, 1.54) is 0 Å². The van der Waals surface area contributed by atoms with Gasteiger partial charge in [0.05, 0.1) is 0 Å². The topological polar surface area (TPSA) is 66.0 Å². The standard InChI is InChI=1S/C18H34N4O2/c1-7-19-16(21-15-10-8-9-11-15)20-12-14(2)13-22(6)17(23)24-18(3,4)5/h8-9,14-15H,7,10-13H2,1-6H3,(H2,19,20,21). The minimum absolute atomic E-state index is 0.250. The van der Waals surface area contributed by atoms with Gasteiger partial charge in [-0.2, -0.15) is 0 Å². The molecule has 1 aliphatic carbocycles. The van der Waals surface area contributed by atoms with Crippen molar-refractivity contribution in [2.24, 2.45) is 10.9 Å². The number of nitrogens with zero attached hydrogens (tertiary/aromatic N) is 2. The van der Waals surface area contributed by atoms with Crippen LogP contribution < -0.4 is 10.6 Å². The fourth-order valence-corrected chi connectivity index (χ4v) is 2.44. The summed E-state index contributed by atoms with van der Waals surface area (Å²) in [5.41, 5.74) is -0.468. The number of carbonyl (C=O) groups is 1. The van der Waals surface area contributed by atoms with E-state index in [-0.39, 0.29) is 12.0 Å². The van der Waals surface area contributed by atoms with Crippen molar-refractivity contribution in [3.63, 3.8) is 0 Å². The van der Waals surface area contributed by atoms with Gasteiger partial charge < -0.3 is 20.3 Å². The first-order chi connectivity index (χ1) is 11.2. The molecule has 0 fully saturated rings. The van der Waals surface area contributed by atoms with Crippen LogP contribution >= 0.6 is 0 Å². The van der Waals surface area contributed by atoms with Gasteiger partial charge in [-0.1, -0.05) is 19.1 Å². The van der Waals surface area contributed by atoms with Crippen LogP contribution in [0.15, 0.2) is 17.1 Å². The molecule has 0 aromatic rings. The highest BCUT2D eigenvalue weighted by Gasteiger charge is 2.20. The van der Waals surface area contributed by atoms with Crippen LogP contribution in [0.1, 0.15) is 47.5 Å². The highest BCUT2D eigenvalue weighted by Crippen LogP contribution is 2.11. The number of rotatable bonds is 6. The highest BCUT2D eigenvalue weighted by molar-refractivity contribution is 5.80. The monoisotopic (exact) mass is 338 g/mol. The first kappa shape index (κ1) is 20.3. The number of aliphatic imine (C=N–C) groups is 1. The van der Waals surface area contributed by atoms with Crippen molar-refractivity contribution in [3.05, 3.63) is 12.2 Å². The quantitative estimate of drug-likeness (QED) is 0.444. The lowest BCUT2D eigenvalue weighted by atomic mass is 10.2. The lowest BCUT2D eigenvalue weighted by Crippen LogP contribution is -2.43. The van der Waals surface area contributed by atoms with E-state index in [0.29, 0.717) is 19.1 Å². The smallest absolute Gasteiger partial charge is 0.410 e. The molecule has 1 aliphatic rings. The van der Waals surface area contributed by atoms with Crippen LogP contribution in [0.3, 0.4) is 0 Å². The third kappa shape index (κ3) is 8.22. The Kier molecular flexibility index (Phi) is 8.08. The molecule has 0 saturated heterocycles. The van der Waals surface area contributed by atoms with Gasteiger partial charge in [-0.25, -0.2) is 4.79 Å². The van der Waals surface area contributed by atoms with Gasteiger partial charge in [0, 0.05) is 32.7 Å². The number of amides is 1. The average molecular weight is 338 g/mol. The molecule has 1 unspecified atom stereocenters. The Balaban J connectivity index is 2.45. The van der Waals surface area contributed by atoms with Gasteiger partial charge in [0.15, 0.2) is 5.96 Å². The SMILES string of the molecule is CCNC(=NCC(C)CN(C)C(=O)OC(C)(C)C)NC1CC=CC1. The summed E-state index contributed by atoms with van der Waals surface area (Å²) in [6.07, 6.45) is 6.18. The molecule has 1 atom stereocenters. The predicted octanol–water partition coefficient (Wildman–Crippen LogP) is 2.76. The van der Waals surface area contributed by atoms with Gasteiger partial charge >= 0.3 is 6.09 Å². The summed E-state index contributed by atoms with van der Waals surface area (Å²) in [7, 11) is 1.77. The molecule has 6 heteroatoms. The maximum atomic E-state index is 12.0. The maximum Gasteiger partial charge on any atom is 0.410 e. The number of guanidine groups is 1. The maximum absolute atomic E-state index is 12.0. The van der Waals surface area contributed by atoms with E-state index >= 15 is 0 Å². The van der Waals surface area contributed by atoms with E-state index in [2.05, 4.69) is 41.6 Å². The largest absolute Gasteiger partial charge is 0.444 e. The summed E-state index contributed by atoms with van der Waals surface area (Å²) in [6.45, 7) is 11.9. The molecule has 2 N–H and O–H groups in total. The van der Waals surface area contributed by atoms with Crippen molar-refractivity contribution < 1.29 is 9.53 Å². The fraction of sp³-hybridized carbons (Fsp3) is 0.778. The van der Waals surface area contributed by atoms with Gasteiger partial charge in [-0.05, 0) is 46.5 Å². The van der Waals surface area contributed by atoms with Gasteiger partial charge in [0.1, 0.15) is 5.60 Å². The molecule has 1 rings (SSSR count). The summed E-state index contributed by atoms with van der Waals surface area (Å²) >= 11 is 0. The van der Waals surface area contributed by atoms with Crippen LogP contribution in [0.4, 0.5) is 4.79 Å². The number of hydrogen-bond donors (Lipinski definition) is 2. The molecule has 138 valence electrons. The number of hydrogen-bond acceptors (Lipinski definition) is 3. The van der Waals surface area contributed by atoms with Crippen LogP contribution in [-0.4, -0.2) is 55.3 Å². The summed E-state index contributed by atoms with van der Waals surface area (Å²) in [4.78, 5) is 18.3. The first-order valence-electron chi connectivity index (χ1n) is 8.85. The molecule has 24 heavy (non-hydrogen) atoms. The van der Waals surface area contributed by atoms with Crippen molar-refractivity contribution in [2.45, 2.75) is 59.1 Å². The molecular weight excluding hydrogens is 304 g/mol. The normalized spacial score (nSPS) is 16.8.